The Balaban J connectivity index is 1.81. The maximum absolute atomic E-state index is 6.09. The van der Waals surface area contributed by atoms with Crippen LogP contribution in [0.1, 0.15) is 38.2 Å². The van der Waals surface area contributed by atoms with Crippen molar-refractivity contribution in [3.8, 4) is 0 Å². The molecule has 1 saturated carbocycles. The first kappa shape index (κ1) is 13.6. The number of halogens is 1. The minimum atomic E-state index is 0.300. The van der Waals surface area contributed by atoms with Gasteiger partial charge in [-0.15, -0.1) is 0 Å². The molecule has 0 bridgehead atoms. The molecule has 18 heavy (non-hydrogen) atoms. The summed E-state index contributed by atoms with van der Waals surface area (Å²) in [4.78, 5) is 8.26. The molecule has 0 amide bonds. The number of hydrogen-bond donors (Lipinski definition) is 1. The summed E-state index contributed by atoms with van der Waals surface area (Å²) in [7, 11) is 0. The summed E-state index contributed by atoms with van der Waals surface area (Å²) in [5.41, 5.74) is 0.973. The summed E-state index contributed by atoms with van der Waals surface area (Å²) in [6.07, 6.45) is 4.14. The van der Waals surface area contributed by atoms with Crippen molar-refractivity contribution in [2.45, 2.75) is 32.6 Å². The Bertz CT molecular complexity index is 394. The largest absolute Gasteiger partial charge is 0.379 e. The molecule has 1 heterocycles. The van der Waals surface area contributed by atoms with Gasteiger partial charge in [-0.25, -0.2) is 9.97 Å². The van der Waals surface area contributed by atoms with Gasteiger partial charge in [-0.2, -0.15) is 0 Å². The quantitative estimate of drug-likeness (QED) is 0.610. The number of ether oxygens (including phenoxy) is 1. The molecule has 1 aliphatic rings. The van der Waals surface area contributed by atoms with E-state index in [1.54, 1.807) is 0 Å². The van der Waals surface area contributed by atoms with Crippen LogP contribution < -0.4 is 5.32 Å². The summed E-state index contributed by atoms with van der Waals surface area (Å²) in [6.45, 7) is 6.51. The van der Waals surface area contributed by atoms with Gasteiger partial charge in [-0.1, -0.05) is 25.4 Å². The predicted octanol–water partition coefficient (Wildman–Crippen LogP) is 3.09. The van der Waals surface area contributed by atoms with Crippen LogP contribution in [0.15, 0.2) is 6.33 Å². The van der Waals surface area contributed by atoms with Crippen molar-refractivity contribution in [1.82, 2.24) is 9.97 Å². The molecule has 1 aromatic heterocycles. The highest BCUT2D eigenvalue weighted by molar-refractivity contribution is 6.30. The van der Waals surface area contributed by atoms with E-state index in [4.69, 9.17) is 16.3 Å². The Hall–Kier alpha value is -0.870. The summed E-state index contributed by atoms with van der Waals surface area (Å²) in [5.74, 6) is 1.93. The molecule has 1 fully saturated rings. The third-order valence-corrected chi connectivity index (χ3v) is 3.30. The Morgan fingerprint density at radius 3 is 2.89 bits per heavy atom. The number of nitrogens with one attached hydrogen (secondary N) is 1. The number of rotatable bonds is 7. The SMILES string of the molecule is CC(C)c1c(Cl)ncnc1NCCOCC1CC1. The first-order valence-corrected chi connectivity index (χ1v) is 6.88. The van der Waals surface area contributed by atoms with Crippen molar-refractivity contribution in [3.05, 3.63) is 17.0 Å². The summed E-state index contributed by atoms with van der Waals surface area (Å²) in [5, 5.41) is 3.80. The monoisotopic (exact) mass is 269 g/mol. The Morgan fingerprint density at radius 1 is 1.44 bits per heavy atom. The zero-order chi connectivity index (χ0) is 13.0. The lowest BCUT2D eigenvalue weighted by Crippen LogP contribution is -2.13. The van der Waals surface area contributed by atoms with Crippen molar-refractivity contribution >= 4 is 17.4 Å². The molecule has 0 spiro atoms. The molecule has 0 aromatic carbocycles. The van der Waals surface area contributed by atoms with Crippen LogP contribution in [-0.2, 0) is 4.74 Å². The fraction of sp³-hybridized carbons (Fsp3) is 0.692. The summed E-state index contributed by atoms with van der Waals surface area (Å²) < 4.78 is 5.57. The molecule has 0 radical (unpaired) electrons. The molecule has 1 N–H and O–H groups in total. The number of nitrogens with zero attached hydrogens (tertiary/aromatic N) is 2. The highest BCUT2D eigenvalue weighted by atomic mass is 35.5. The molecular weight excluding hydrogens is 250 g/mol. The first-order chi connectivity index (χ1) is 8.68. The average molecular weight is 270 g/mol. The van der Waals surface area contributed by atoms with E-state index >= 15 is 0 Å². The lowest BCUT2D eigenvalue weighted by atomic mass is 10.1. The standard InChI is InChI=1S/C13H20ClN3O/c1-9(2)11-12(14)16-8-17-13(11)15-5-6-18-7-10-3-4-10/h8-10H,3-7H2,1-2H3,(H,15,16,17). The Kier molecular flexibility index (Phi) is 4.78. The van der Waals surface area contributed by atoms with Crippen molar-refractivity contribution in [2.75, 3.05) is 25.1 Å². The van der Waals surface area contributed by atoms with E-state index in [0.717, 1.165) is 30.5 Å². The van der Waals surface area contributed by atoms with Gasteiger partial charge < -0.3 is 10.1 Å². The van der Waals surface area contributed by atoms with Gasteiger partial charge in [0.2, 0.25) is 0 Å². The van der Waals surface area contributed by atoms with Crippen LogP contribution in [-0.4, -0.2) is 29.7 Å². The van der Waals surface area contributed by atoms with Gasteiger partial charge in [0.1, 0.15) is 17.3 Å². The van der Waals surface area contributed by atoms with E-state index in [-0.39, 0.29) is 0 Å². The van der Waals surface area contributed by atoms with E-state index in [0.29, 0.717) is 17.7 Å². The van der Waals surface area contributed by atoms with Crippen molar-refractivity contribution in [2.24, 2.45) is 5.92 Å². The second kappa shape index (κ2) is 6.34. The van der Waals surface area contributed by atoms with Crippen LogP contribution in [0.2, 0.25) is 5.15 Å². The van der Waals surface area contributed by atoms with E-state index in [9.17, 15) is 0 Å². The van der Waals surface area contributed by atoms with Gasteiger partial charge in [0.25, 0.3) is 0 Å². The maximum Gasteiger partial charge on any atom is 0.138 e. The van der Waals surface area contributed by atoms with Gasteiger partial charge in [0.15, 0.2) is 0 Å². The van der Waals surface area contributed by atoms with E-state index in [2.05, 4.69) is 29.1 Å². The average Bonchev–Trinajstić information content (AvgIpc) is 3.12. The molecule has 100 valence electrons. The molecule has 0 unspecified atom stereocenters. The lowest BCUT2D eigenvalue weighted by molar-refractivity contribution is 0.134. The number of anilines is 1. The van der Waals surface area contributed by atoms with Gasteiger partial charge in [-0.05, 0) is 24.7 Å². The van der Waals surface area contributed by atoms with Crippen molar-refractivity contribution in [3.63, 3.8) is 0 Å². The van der Waals surface area contributed by atoms with Gasteiger partial charge in [-0.3, -0.25) is 0 Å². The smallest absolute Gasteiger partial charge is 0.138 e. The van der Waals surface area contributed by atoms with Gasteiger partial charge in [0.05, 0.1) is 6.61 Å². The second-order valence-electron chi connectivity index (χ2n) is 5.03. The van der Waals surface area contributed by atoms with Crippen molar-refractivity contribution < 1.29 is 4.74 Å². The maximum atomic E-state index is 6.09. The fourth-order valence-corrected chi connectivity index (χ4v) is 2.15. The van der Waals surface area contributed by atoms with Crippen LogP contribution in [0.5, 0.6) is 0 Å². The minimum absolute atomic E-state index is 0.300. The molecule has 1 aromatic rings. The highest BCUT2D eigenvalue weighted by Gasteiger charge is 2.20. The van der Waals surface area contributed by atoms with Crippen LogP contribution in [0.3, 0.4) is 0 Å². The van der Waals surface area contributed by atoms with E-state index in [1.165, 1.54) is 19.2 Å². The van der Waals surface area contributed by atoms with Crippen LogP contribution in [0.25, 0.3) is 0 Å². The number of aromatic nitrogens is 2. The summed E-state index contributed by atoms with van der Waals surface area (Å²) in [6, 6.07) is 0. The van der Waals surface area contributed by atoms with Gasteiger partial charge in [0, 0.05) is 18.7 Å². The summed E-state index contributed by atoms with van der Waals surface area (Å²) >= 11 is 6.09. The molecule has 0 aliphatic heterocycles. The zero-order valence-electron chi connectivity index (χ0n) is 10.9. The normalized spacial score (nSPS) is 15.1. The van der Waals surface area contributed by atoms with Crippen LogP contribution in [0, 0.1) is 5.92 Å². The molecule has 1 aliphatic carbocycles. The first-order valence-electron chi connectivity index (χ1n) is 6.50. The Labute approximate surface area is 113 Å². The fourth-order valence-electron chi connectivity index (χ4n) is 1.80. The molecular formula is C13H20ClN3O. The molecule has 2 rings (SSSR count). The van der Waals surface area contributed by atoms with E-state index < -0.39 is 0 Å². The molecule has 0 atom stereocenters. The van der Waals surface area contributed by atoms with Crippen molar-refractivity contribution in [1.29, 1.82) is 0 Å². The lowest BCUT2D eigenvalue weighted by Gasteiger charge is -2.14. The third-order valence-electron chi connectivity index (χ3n) is 3.00. The van der Waals surface area contributed by atoms with Gasteiger partial charge >= 0.3 is 0 Å². The molecule has 0 saturated heterocycles. The second-order valence-corrected chi connectivity index (χ2v) is 5.38. The minimum Gasteiger partial charge on any atom is -0.379 e. The zero-order valence-corrected chi connectivity index (χ0v) is 11.7. The van der Waals surface area contributed by atoms with Crippen LogP contribution in [0.4, 0.5) is 5.82 Å². The predicted molar refractivity (Wildman–Crippen MR) is 73.2 cm³/mol. The third kappa shape index (κ3) is 3.82. The molecule has 5 heteroatoms. The topological polar surface area (TPSA) is 47.0 Å². The highest BCUT2D eigenvalue weighted by Crippen LogP contribution is 2.29. The number of hydrogen-bond acceptors (Lipinski definition) is 4. The van der Waals surface area contributed by atoms with Crippen LogP contribution >= 0.6 is 11.6 Å². The molecule has 4 nitrogen and oxygen atoms in total. The Morgan fingerprint density at radius 2 is 2.22 bits per heavy atom. The van der Waals surface area contributed by atoms with E-state index in [1.807, 2.05) is 0 Å².